The summed E-state index contributed by atoms with van der Waals surface area (Å²) in [5.74, 6) is -0.270. The maximum Gasteiger partial charge on any atom is 0.327 e. The molecule has 0 aliphatic carbocycles. The minimum atomic E-state index is -0.684. The molecule has 0 N–H and O–H groups in total. The van der Waals surface area contributed by atoms with Gasteiger partial charge in [0.05, 0.1) is 26.3 Å². The second-order valence-electron chi connectivity index (χ2n) is 5.18. The van der Waals surface area contributed by atoms with E-state index < -0.39 is 16.5 Å². The molecule has 0 aliphatic rings. The molecule has 144 valence electrons. The summed E-state index contributed by atoms with van der Waals surface area (Å²) >= 11 is 3.28. The van der Waals surface area contributed by atoms with E-state index in [9.17, 15) is 14.9 Å². The highest BCUT2D eigenvalue weighted by atomic mass is 79.9. The Bertz CT molecular complexity index is 857. The Kier molecular flexibility index (Phi) is 6.56. The number of nitrogens with zero attached hydrogens (tertiary/aromatic N) is 3. The summed E-state index contributed by atoms with van der Waals surface area (Å²) in [6.45, 7) is 1.99. The average molecular weight is 440 g/mol. The lowest BCUT2D eigenvalue weighted by Gasteiger charge is -2.21. The average Bonchev–Trinajstić information content (AvgIpc) is 2.67. The minimum absolute atomic E-state index is 0.0352. The second kappa shape index (κ2) is 8.67. The van der Waals surface area contributed by atoms with Gasteiger partial charge in [0, 0.05) is 23.3 Å². The van der Waals surface area contributed by atoms with Crippen LogP contribution < -0.4 is 19.1 Å². The number of benzene rings is 1. The third-order valence-corrected chi connectivity index (χ3v) is 4.24. The first-order valence-corrected chi connectivity index (χ1v) is 8.59. The van der Waals surface area contributed by atoms with Crippen LogP contribution in [-0.2, 0) is 0 Å². The molecule has 1 amide bonds. The van der Waals surface area contributed by atoms with E-state index in [0.717, 1.165) is 4.47 Å². The summed E-state index contributed by atoms with van der Waals surface area (Å²) in [6.07, 6.45) is 1.54. The van der Waals surface area contributed by atoms with Gasteiger partial charge < -0.3 is 14.2 Å². The Morgan fingerprint density at radius 3 is 2.33 bits per heavy atom. The molecule has 9 nitrogen and oxygen atoms in total. The van der Waals surface area contributed by atoms with Crippen molar-refractivity contribution < 1.29 is 23.9 Å². The number of halogens is 1. The number of carbonyl (C=O) groups excluding carboxylic acids is 1. The lowest BCUT2D eigenvalue weighted by Crippen LogP contribution is -2.32. The van der Waals surface area contributed by atoms with Gasteiger partial charge in [0.2, 0.25) is 11.5 Å². The third kappa shape index (κ3) is 3.95. The maximum absolute atomic E-state index is 13.1. The second-order valence-corrected chi connectivity index (χ2v) is 6.10. The molecule has 1 aromatic heterocycles. The molecule has 10 heteroatoms. The highest BCUT2D eigenvalue weighted by Crippen LogP contribution is 2.46. The Balaban J connectivity index is 2.69. The molecule has 0 spiro atoms. The fourth-order valence-corrected chi connectivity index (χ4v) is 2.80. The number of methoxy groups -OCH3 is 3. The molecule has 0 radical (unpaired) electrons. The number of nitro benzene ring substituents is 1. The Morgan fingerprint density at radius 1 is 1.22 bits per heavy atom. The van der Waals surface area contributed by atoms with Crippen LogP contribution in [0, 0.1) is 10.1 Å². The number of pyridine rings is 1. The predicted molar refractivity (Wildman–Crippen MR) is 102 cm³/mol. The maximum atomic E-state index is 13.1. The molecule has 27 heavy (non-hydrogen) atoms. The van der Waals surface area contributed by atoms with Crippen molar-refractivity contribution in [2.75, 3.05) is 32.8 Å². The van der Waals surface area contributed by atoms with Gasteiger partial charge in [-0.25, -0.2) is 4.98 Å². The summed E-state index contributed by atoms with van der Waals surface area (Å²) in [5.41, 5.74) is -0.697. The summed E-state index contributed by atoms with van der Waals surface area (Å²) in [7, 11) is 3.95. The largest absolute Gasteiger partial charge is 0.493 e. The van der Waals surface area contributed by atoms with Gasteiger partial charge in [-0.1, -0.05) is 0 Å². The Morgan fingerprint density at radius 2 is 1.89 bits per heavy atom. The zero-order chi connectivity index (χ0) is 20.1. The summed E-state index contributed by atoms with van der Waals surface area (Å²) in [6, 6.07) is 4.63. The van der Waals surface area contributed by atoms with Crippen LogP contribution in [-0.4, -0.2) is 43.7 Å². The molecule has 2 rings (SSSR count). The topological polar surface area (TPSA) is 104 Å². The molecule has 1 heterocycles. The van der Waals surface area contributed by atoms with Gasteiger partial charge in [-0.05, 0) is 35.0 Å². The van der Waals surface area contributed by atoms with E-state index >= 15 is 0 Å². The number of amides is 1. The summed E-state index contributed by atoms with van der Waals surface area (Å²) in [4.78, 5) is 29.7. The molecular formula is C17H18BrN3O6. The molecule has 0 bridgehead atoms. The first-order valence-electron chi connectivity index (χ1n) is 7.80. The Hall–Kier alpha value is -2.88. The molecule has 0 saturated heterocycles. The number of nitro groups is 1. The van der Waals surface area contributed by atoms with E-state index in [1.54, 1.807) is 19.1 Å². The van der Waals surface area contributed by atoms with E-state index in [4.69, 9.17) is 14.2 Å². The van der Waals surface area contributed by atoms with Gasteiger partial charge in [-0.15, -0.1) is 0 Å². The first-order chi connectivity index (χ1) is 12.9. The highest BCUT2D eigenvalue weighted by Gasteiger charge is 2.34. The molecule has 0 aliphatic heterocycles. The zero-order valence-electron chi connectivity index (χ0n) is 15.2. The molecule has 2 aromatic rings. The fraction of sp³-hybridized carbons (Fsp3) is 0.294. The molecule has 1 aromatic carbocycles. The van der Waals surface area contributed by atoms with Crippen molar-refractivity contribution >= 4 is 33.3 Å². The van der Waals surface area contributed by atoms with E-state index in [-0.39, 0.29) is 29.4 Å². The van der Waals surface area contributed by atoms with Crippen LogP contribution in [0.3, 0.4) is 0 Å². The standard InChI is InChI=1S/C17H18BrN3O6/c1-5-20(13-7-6-10(18)9-19-13)17(22)11-8-12(25-2)15(26-3)16(27-4)14(11)21(23)24/h6-9H,5H2,1-4H3. The number of hydrogen-bond donors (Lipinski definition) is 0. The van der Waals surface area contributed by atoms with Gasteiger partial charge in [-0.3, -0.25) is 19.8 Å². The quantitative estimate of drug-likeness (QED) is 0.480. The smallest absolute Gasteiger partial charge is 0.327 e. The lowest BCUT2D eigenvalue weighted by atomic mass is 10.1. The van der Waals surface area contributed by atoms with Crippen molar-refractivity contribution in [3.63, 3.8) is 0 Å². The monoisotopic (exact) mass is 439 g/mol. The van der Waals surface area contributed by atoms with E-state index in [1.807, 2.05) is 0 Å². The number of ether oxygens (including phenoxy) is 3. The number of anilines is 1. The van der Waals surface area contributed by atoms with Gasteiger partial charge in [0.25, 0.3) is 5.91 Å². The van der Waals surface area contributed by atoms with Crippen LogP contribution in [0.25, 0.3) is 0 Å². The van der Waals surface area contributed by atoms with Gasteiger partial charge in [0.1, 0.15) is 11.4 Å². The molecule has 0 unspecified atom stereocenters. The normalized spacial score (nSPS) is 10.3. The molecule has 0 fully saturated rings. The van der Waals surface area contributed by atoms with Gasteiger partial charge in [0.15, 0.2) is 5.75 Å². The zero-order valence-corrected chi connectivity index (χ0v) is 16.8. The SMILES string of the molecule is CCN(C(=O)c1cc(OC)c(OC)c(OC)c1[N+](=O)[O-])c1ccc(Br)cn1. The van der Waals surface area contributed by atoms with E-state index in [2.05, 4.69) is 20.9 Å². The van der Waals surface area contributed by atoms with Crippen LogP contribution >= 0.6 is 15.9 Å². The van der Waals surface area contributed by atoms with Crippen molar-refractivity contribution in [2.45, 2.75) is 6.92 Å². The Labute approximate surface area is 164 Å². The number of carbonyl (C=O) groups is 1. The molecule has 0 saturated carbocycles. The van der Waals surface area contributed by atoms with E-state index in [0.29, 0.717) is 5.82 Å². The van der Waals surface area contributed by atoms with Crippen molar-refractivity contribution in [1.29, 1.82) is 0 Å². The highest BCUT2D eigenvalue weighted by molar-refractivity contribution is 9.10. The first kappa shape index (κ1) is 20.4. The minimum Gasteiger partial charge on any atom is -0.493 e. The van der Waals surface area contributed by atoms with Crippen molar-refractivity contribution in [3.05, 3.63) is 44.5 Å². The summed E-state index contributed by atoms with van der Waals surface area (Å²) in [5, 5.41) is 11.7. The van der Waals surface area contributed by atoms with Gasteiger partial charge in [-0.2, -0.15) is 0 Å². The van der Waals surface area contributed by atoms with Crippen LogP contribution in [0.15, 0.2) is 28.9 Å². The van der Waals surface area contributed by atoms with E-state index in [1.165, 1.54) is 38.5 Å². The van der Waals surface area contributed by atoms with Crippen LogP contribution in [0.4, 0.5) is 11.5 Å². The van der Waals surface area contributed by atoms with Crippen LogP contribution in [0.2, 0.25) is 0 Å². The third-order valence-electron chi connectivity index (χ3n) is 3.77. The number of hydrogen-bond acceptors (Lipinski definition) is 7. The molecule has 0 atom stereocenters. The van der Waals surface area contributed by atoms with Gasteiger partial charge >= 0.3 is 5.69 Å². The summed E-state index contributed by atoms with van der Waals surface area (Å²) < 4.78 is 16.3. The van der Waals surface area contributed by atoms with Crippen LogP contribution in [0.1, 0.15) is 17.3 Å². The molecular weight excluding hydrogens is 422 g/mol. The lowest BCUT2D eigenvalue weighted by molar-refractivity contribution is -0.386. The van der Waals surface area contributed by atoms with Crippen molar-refractivity contribution in [3.8, 4) is 17.2 Å². The van der Waals surface area contributed by atoms with Crippen LogP contribution in [0.5, 0.6) is 17.2 Å². The predicted octanol–water partition coefficient (Wildman–Crippen LogP) is 3.44. The fourth-order valence-electron chi connectivity index (χ4n) is 2.57. The number of aromatic nitrogens is 1. The van der Waals surface area contributed by atoms with Crippen molar-refractivity contribution in [1.82, 2.24) is 4.98 Å². The number of rotatable bonds is 7. The van der Waals surface area contributed by atoms with Crippen molar-refractivity contribution in [2.24, 2.45) is 0 Å².